The molecule has 1 heterocycles. The summed E-state index contributed by atoms with van der Waals surface area (Å²) in [6, 6.07) is 5.97. The zero-order valence-corrected chi connectivity index (χ0v) is 10.6. The summed E-state index contributed by atoms with van der Waals surface area (Å²) in [4.78, 5) is 11.2. The first-order valence-electron chi connectivity index (χ1n) is 6.19. The van der Waals surface area contributed by atoms with Crippen LogP contribution in [0, 0.1) is 5.82 Å². The molecule has 1 aromatic carbocycles. The number of carbonyl (C=O) groups is 1. The summed E-state index contributed by atoms with van der Waals surface area (Å²) in [6.45, 7) is 2.03. The second kappa shape index (κ2) is 5.65. The molecule has 0 fully saturated rings. The Hall–Kier alpha value is -2.17. The molecule has 1 aromatic heterocycles. The predicted octanol–water partition coefficient (Wildman–Crippen LogP) is 3.05. The van der Waals surface area contributed by atoms with Crippen molar-refractivity contribution in [3.05, 3.63) is 47.5 Å². The second-order valence-corrected chi connectivity index (χ2v) is 4.31. The molecule has 0 aliphatic heterocycles. The second-order valence-electron chi connectivity index (χ2n) is 4.31. The monoisotopic (exact) mass is 262 g/mol. The molecule has 0 saturated carbocycles. The summed E-state index contributed by atoms with van der Waals surface area (Å²) >= 11 is 0. The van der Waals surface area contributed by atoms with E-state index < -0.39 is 5.97 Å². The van der Waals surface area contributed by atoms with Gasteiger partial charge in [-0.05, 0) is 31.0 Å². The van der Waals surface area contributed by atoms with Crippen LogP contribution in [0.5, 0.6) is 0 Å². The lowest BCUT2D eigenvalue weighted by Crippen LogP contribution is -2.07. The number of unbranched alkanes of at least 4 members (excludes halogenated alkanes) is 1. The van der Waals surface area contributed by atoms with E-state index in [1.54, 1.807) is 12.1 Å². The Balaban J connectivity index is 2.47. The van der Waals surface area contributed by atoms with Crippen LogP contribution in [0.1, 0.15) is 35.8 Å². The highest BCUT2D eigenvalue weighted by atomic mass is 19.1. The Morgan fingerprint density at radius 1 is 1.47 bits per heavy atom. The van der Waals surface area contributed by atoms with Crippen LogP contribution in [-0.4, -0.2) is 20.9 Å². The molecule has 1 N–H and O–H groups in total. The van der Waals surface area contributed by atoms with Gasteiger partial charge in [-0.25, -0.2) is 13.9 Å². The van der Waals surface area contributed by atoms with Gasteiger partial charge in [-0.15, -0.1) is 0 Å². The fourth-order valence-electron chi connectivity index (χ4n) is 1.97. The Kier molecular flexibility index (Phi) is 3.94. The van der Waals surface area contributed by atoms with Gasteiger partial charge in [0.15, 0.2) is 0 Å². The molecule has 0 radical (unpaired) electrons. The van der Waals surface area contributed by atoms with Crippen molar-refractivity contribution in [3.8, 4) is 5.69 Å². The van der Waals surface area contributed by atoms with Gasteiger partial charge in [0, 0.05) is 0 Å². The summed E-state index contributed by atoms with van der Waals surface area (Å²) in [5.74, 6) is -1.37. The number of aromatic carboxylic acids is 1. The van der Waals surface area contributed by atoms with Crippen molar-refractivity contribution in [2.24, 2.45) is 0 Å². The standard InChI is InChI=1S/C14H15FN2O2/c1-2-3-7-13-12(14(18)19)9-16-17(13)11-6-4-5-10(15)8-11/h4-6,8-9H,2-3,7H2,1H3,(H,18,19). The van der Waals surface area contributed by atoms with Crippen molar-refractivity contribution < 1.29 is 14.3 Å². The molecule has 0 unspecified atom stereocenters. The Labute approximate surface area is 110 Å². The van der Waals surface area contributed by atoms with Gasteiger partial charge >= 0.3 is 5.97 Å². The van der Waals surface area contributed by atoms with Gasteiger partial charge in [0.2, 0.25) is 0 Å². The topological polar surface area (TPSA) is 55.1 Å². The van der Waals surface area contributed by atoms with Crippen molar-refractivity contribution >= 4 is 5.97 Å². The van der Waals surface area contributed by atoms with E-state index in [0.717, 1.165) is 12.8 Å². The van der Waals surface area contributed by atoms with E-state index in [1.807, 2.05) is 6.92 Å². The molecular weight excluding hydrogens is 247 g/mol. The highest BCUT2D eigenvalue weighted by molar-refractivity contribution is 5.88. The fraction of sp³-hybridized carbons (Fsp3) is 0.286. The van der Waals surface area contributed by atoms with Crippen LogP contribution in [0.15, 0.2) is 30.5 Å². The van der Waals surface area contributed by atoms with Crippen molar-refractivity contribution in [2.45, 2.75) is 26.2 Å². The number of nitrogens with zero attached hydrogens (tertiary/aromatic N) is 2. The average molecular weight is 262 g/mol. The van der Waals surface area contributed by atoms with E-state index in [-0.39, 0.29) is 11.4 Å². The van der Waals surface area contributed by atoms with Crippen molar-refractivity contribution in [1.29, 1.82) is 0 Å². The molecule has 0 bridgehead atoms. The Bertz CT molecular complexity index is 593. The molecule has 5 heteroatoms. The maximum atomic E-state index is 13.2. The number of hydrogen-bond acceptors (Lipinski definition) is 2. The largest absolute Gasteiger partial charge is 0.478 e. The van der Waals surface area contributed by atoms with Crippen molar-refractivity contribution in [1.82, 2.24) is 9.78 Å². The van der Waals surface area contributed by atoms with Gasteiger partial charge in [-0.1, -0.05) is 19.4 Å². The van der Waals surface area contributed by atoms with Gasteiger partial charge in [-0.2, -0.15) is 5.10 Å². The van der Waals surface area contributed by atoms with E-state index in [2.05, 4.69) is 5.10 Å². The lowest BCUT2D eigenvalue weighted by atomic mass is 10.1. The number of halogens is 1. The van der Waals surface area contributed by atoms with E-state index in [0.29, 0.717) is 17.8 Å². The molecule has 0 spiro atoms. The molecule has 0 amide bonds. The summed E-state index contributed by atoms with van der Waals surface area (Å²) in [5, 5.41) is 13.2. The molecule has 2 aromatic rings. The molecule has 4 nitrogen and oxygen atoms in total. The zero-order chi connectivity index (χ0) is 13.8. The zero-order valence-electron chi connectivity index (χ0n) is 10.6. The van der Waals surface area contributed by atoms with Gasteiger partial charge in [0.25, 0.3) is 0 Å². The third-order valence-electron chi connectivity index (χ3n) is 2.92. The number of rotatable bonds is 5. The van der Waals surface area contributed by atoms with Crippen LogP contribution in [0.4, 0.5) is 4.39 Å². The minimum Gasteiger partial charge on any atom is -0.478 e. The maximum absolute atomic E-state index is 13.2. The summed E-state index contributed by atoms with van der Waals surface area (Å²) in [6.07, 6.45) is 3.74. The highest BCUT2D eigenvalue weighted by Gasteiger charge is 2.17. The first kappa shape index (κ1) is 13.3. The lowest BCUT2D eigenvalue weighted by molar-refractivity contribution is 0.0695. The molecule has 0 aliphatic rings. The van der Waals surface area contributed by atoms with Gasteiger partial charge < -0.3 is 5.11 Å². The van der Waals surface area contributed by atoms with Crippen LogP contribution < -0.4 is 0 Å². The molecule has 0 aliphatic carbocycles. The third kappa shape index (κ3) is 2.81. The summed E-state index contributed by atoms with van der Waals surface area (Å²) in [5.41, 5.74) is 1.33. The van der Waals surface area contributed by atoms with Crippen LogP contribution in [0.2, 0.25) is 0 Å². The van der Waals surface area contributed by atoms with Gasteiger partial charge in [-0.3, -0.25) is 0 Å². The quantitative estimate of drug-likeness (QED) is 0.901. The van der Waals surface area contributed by atoms with Gasteiger partial charge in [0.1, 0.15) is 11.4 Å². The van der Waals surface area contributed by atoms with E-state index in [9.17, 15) is 9.18 Å². The van der Waals surface area contributed by atoms with E-state index >= 15 is 0 Å². The SMILES string of the molecule is CCCCc1c(C(=O)O)cnn1-c1cccc(F)c1. The first-order valence-corrected chi connectivity index (χ1v) is 6.19. The van der Waals surface area contributed by atoms with Crippen LogP contribution in [-0.2, 0) is 6.42 Å². The predicted molar refractivity (Wildman–Crippen MR) is 69.1 cm³/mol. The van der Waals surface area contributed by atoms with Gasteiger partial charge in [0.05, 0.1) is 17.6 Å². The smallest absolute Gasteiger partial charge is 0.339 e. The minimum atomic E-state index is -1.01. The van der Waals surface area contributed by atoms with Crippen molar-refractivity contribution in [3.63, 3.8) is 0 Å². The van der Waals surface area contributed by atoms with Crippen LogP contribution in [0.3, 0.4) is 0 Å². The number of carboxylic acid groups (broad SMARTS) is 1. The number of hydrogen-bond donors (Lipinski definition) is 1. The van der Waals surface area contributed by atoms with Crippen LogP contribution >= 0.6 is 0 Å². The fourth-order valence-corrected chi connectivity index (χ4v) is 1.97. The summed E-state index contributed by atoms with van der Waals surface area (Å²) < 4.78 is 14.7. The summed E-state index contributed by atoms with van der Waals surface area (Å²) in [7, 11) is 0. The van der Waals surface area contributed by atoms with Crippen molar-refractivity contribution in [2.75, 3.05) is 0 Å². The maximum Gasteiger partial charge on any atom is 0.339 e. The number of aromatic nitrogens is 2. The third-order valence-corrected chi connectivity index (χ3v) is 2.92. The molecule has 0 saturated heterocycles. The molecule has 19 heavy (non-hydrogen) atoms. The highest BCUT2D eigenvalue weighted by Crippen LogP contribution is 2.18. The first-order chi connectivity index (χ1) is 9.13. The van der Waals surface area contributed by atoms with Crippen LogP contribution in [0.25, 0.3) is 5.69 Å². The van der Waals surface area contributed by atoms with E-state index in [1.165, 1.54) is 23.0 Å². The molecule has 0 atom stereocenters. The molecule has 100 valence electrons. The number of carboxylic acids is 1. The molecule has 2 rings (SSSR count). The normalized spacial score (nSPS) is 10.6. The average Bonchev–Trinajstić information content (AvgIpc) is 2.80. The Morgan fingerprint density at radius 3 is 2.89 bits per heavy atom. The number of benzene rings is 1. The Morgan fingerprint density at radius 2 is 2.26 bits per heavy atom. The minimum absolute atomic E-state index is 0.178. The molecular formula is C14H15FN2O2. The lowest BCUT2D eigenvalue weighted by Gasteiger charge is -2.08. The van der Waals surface area contributed by atoms with E-state index in [4.69, 9.17) is 5.11 Å².